The van der Waals surface area contributed by atoms with E-state index in [-0.39, 0.29) is 17.7 Å². The molecule has 150 valence electrons. The lowest BCUT2D eigenvalue weighted by Crippen LogP contribution is -2.93. The van der Waals surface area contributed by atoms with Gasteiger partial charge in [-0.05, 0) is 51.8 Å². The Morgan fingerprint density at radius 3 is 2.61 bits per heavy atom. The van der Waals surface area contributed by atoms with Crippen LogP contribution in [0, 0.1) is 19.7 Å². The highest BCUT2D eigenvalue weighted by Crippen LogP contribution is 2.38. The fraction of sp³-hybridized carbons (Fsp3) is 0.429. The zero-order valence-electron chi connectivity index (χ0n) is 16.9. The molecule has 0 aliphatic heterocycles. The van der Waals surface area contributed by atoms with Crippen molar-refractivity contribution < 1.29 is 24.0 Å². The third-order valence-corrected chi connectivity index (χ3v) is 5.04. The number of carbonyl (C=O) groups excluding carboxylic acids is 2. The van der Waals surface area contributed by atoms with Gasteiger partial charge in [0.05, 0.1) is 11.1 Å². The number of quaternary nitrogens is 1. The number of aryl methyl sites for hydroxylation is 2. The Balaban J connectivity index is 1.93. The van der Waals surface area contributed by atoms with Gasteiger partial charge >= 0.3 is 6.09 Å². The van der Waals surface area contributed by atoms with Gasteiger partial charge in [0, 0.05) is 29.5 Å². The number of H-pyrrole nitrogens is 1. The van der Waals surface area contributed by atoms with Gasteiger partial charge in [0.1, 0.15) is 17.5 Å². The minimum Gasteiger partial charge on any atom is -0.414 e. The van der Waals surface area contributed by atoms with Crippen LogP contribution in [0.3, 0.4) is 0 Å². The molecule has 1 aliphatic rings. The number of hydrogen-bond acceptors (Lipinski definition) is 3. The molecule has 1 aromatic carbocycles. The highest BCUT2D eigenvalue weighted by atomic mass is 19.1. The van der Waals surface area contributed by atoms with Crippen molar-refractivity contribution in [2.75, 3.05) is 0 Å². The quantitative estimate of drug-likeness (QED) is 0.753. The van der Waals surface area contributed by atoms with E-state index < -0.39 is 17.3 Å². The first-order valence-electron chi connectivity index (χ1n) is 9.36. The second-order valence-electron chi connectivity index (χ2n) is 8.40. The molecular weight excluding hydrogens is 361 g/mol. The Bertz CT molecular complexity index is 999. The average molecular weight is 388 g/mol. The average Bonchev–Trinajstić information content (AvgIpc) is 3.11. The summed E-state index contributed by atoms with van der Waals surface area (Å²) in [7, 11) is 0. The molecule has 7 heteroatoms. The molecule has 0 saturated heterocycles. The molecular formula is C21H27FN3O3+. The number of nitrogens with two attached hydrogens (primary N) is 2. The van der Waals surface area contributed by atoms with Crippen LogP contribution >= 0.6 is 0 Å². The predicted molar refractivity (Wildman–Crippen MR) is 105 cm³/mol. The summed E-state index contributed by atoms with van der Waals surface area (Å²) in [6, 6.07) is 1.15. The molecule has 1 unspecified atom stereocenters. The van der Waals surface area contributed by atoms with Crippen LogP contribution in [0.25, 0.3) is 16.5 Å². The van der Waals surface area contributed by atoms with Crippen LogP contribution in [0.5, 0.6) is 0 Å². The molecule has 2 aromatic rings. The first kappa shape index (κ1) is 20.1. The van der Waals surface area contributed by atoms with Crippen LogP contribution < -0.4 is 11.1 Å². The van der Waals surface area contributed by atoms with Crippen LogP contribution in [0.4, 0.5) is 9.18 Å². The van der Waals surface area contributed by atoms with Crippen molar-refractivity contribution in [3.8, 4) is 0 Å². The predicted octanol–water partition coefficient (Wildman–Crippen LogP) is 3.07. The summed E-state index contributed by atoms with van der Waals surface area (Å²) in [4.78, 5) is 27.0. The third kappa shape index (κ3) is 3.80. The van der Waals surface area contributed by atoms with Crippen LogP contribution in [0.1, 0.15) is 60.8 Å². The maximum Gasteiger partial charge on any atom is 0.513 e. The molecule has 3 rings (SSSR count). The highest BCUT2D eigenvalue weighted by Gasteiger charge is 2.30. The number of carbonyl (C=O) groups is 2. The zero-order chi connectivity index (χ0) is 20.8. The second-order valence-corrected chi connectivity index (χ2v) is 8.40. The highest BCUT2D eigenvalue weighted by molar-refractivity contribution is 6.09. The van der Waals surface area contributed by atoms with Crippen molar-refractivity contribution in [2.45, 2.75) is 59.1 Å². The normalized spacial score (nSPS) is 17.1. The molecule has 0 bridgehead atoms. The lowest BCUT2D eigenvalue weighted by atomic mass is 9.95. The smallest absolute Gasteiger partial charge is 0.414 e. The molecule has 0 saturated carbocycles. The van der Waals surface area contributed by atoms with E-state index in [0.717, 1.165) is 16.8 Å². The molecule has 1 aliphatic carbocycles. The molecule has 6 nitrogen and oxygen atoms in total. The van der Waals surface area contributed by atoms with Crippen molar-refractivity contribution in [3.63, 3.8) is 0 Å². The van der Waals surface area contributed by atoms with Gasteiger partial charge < -0.3 is 15.5 Å². The monoisotopic (exact) mass is 388 g/mol. The maximum absolute atomic E-state index is 15.0. The van der Waals surface area contributed by atoms with Gasteiger partial charge in [-0.3, -0.25) is 4.79 Å². The van der Waals surface area contributed by atoms with Gasteiger partial charge in [-0.15, -0.1) is 0 Å². The topological polar surface area (TPSA) is 102 Å². The summed E-state index contributed by atoms with van der Waals surface area (Å²) in [5.41, 5.74) is 8.63. The van der Waals surface area contributed by atoms with Gasteiger partial charge in [-0.1, -0.05) is 6.08 Å². The van der Waals surface area contributed by atoms with Crippen molar-refractivity contribution in [2.24, 2.45) is 5.73 Å². The van der Waals surface area contributed by atoms with Crippen molar-refractivity contribution in [3.05, 3.63) is 40.3 Å². The molecule has 5 N–H and O–H groups in total. The number of rotatable bonds is 3. The first-order valence-corrected chi connectivity index (χ1v) is 9.36. The van der Waals surface area contributed by atoms with E-state index in [1.165, 1.54) is 6.07 Å². The summed E-state index contributed by atoms with van der Waals surface area (Å²) in [5.74, 6) is -1.15. The Morgan fingerprint density at radius 2 is 2.00 bits per heavy atom. The van der Waals surface area contributed by atoms with E-state index in [4.69, 9.17) is 10.5 Å². The molecule has 1 atom stereocenters. The Morgan fingerprint density at radius 1 is 1.32 bits per heavy atom. The third-order valence-electron chi connectivity index (χ3n) is 5.04. The summed E-state index contributed by atoms with van der Waals surface area (Å²) >= 11 is 0. The fourth-order valence-corrected chi connectivity index (χ4v) is 3.73. The van der Waals surface area contributed by atoms with E-state index in [0.29, 0.717) is 29.3 Å². The first-order chi connectivity index (χ1) is 13.0. The number of aromatic amines is 1. The van der Waals surface area contributed by atoms with E-state index in [2.05, 4.69) is 4.98 Å². The van der Waals surface area contributed by atoms with Crippen LogP contribution in [0.15, 0.2) is 12.1 Å². The molecule has 1 heterocycles. The standard InChI is InChI=1S/C21H26FN3O3/c1-10-11(2)24-18-14(19(23)26)9-15(22)17(16(10)18)12-6-7-13(8-12)25-20(27)28-21(3,4)5/h6,9,13,24H,7-8H2,1-5H3,(H2,23,26)(H,25,27)/p+1. The summed E-state index contributed by atoms with van der Waals surface area (Å²) in [5, 5.41) is 2.24. The van der Waals surface area contributed by atoms with Gasteiger partial charge in [0.25, 0.3) is 5.91 Å². The number of ether oxygens (including phenoxy) is 1. The molecule has 0 spiro atoms. The SMILES string of the molecule is Cc1[nH]c2c(C(N)=O)cc(F)c(C3=CCC([NH2+]C(=O)OC(C)(C)C)C3)c2c1C. The number of fused-ring (bicyclic) bond motifs is 1. The number of benzene rings is 1. The number of amides is 2. The van der Waals surface area contributed by atoms with Gasteiger partial charge in [-0.25, -0.2) is 9.71 Å². The fourth-order valence-electron chi connectivity index (χ4n) is 3.73. The zero-order valence-corrected chi connectivity index (χ0v) is 16.9. The molecule has 0 fully saturated rings. The van der Waals surface area contributed by atoms with Crippen molar-refractivity contribution >= 4 is 28.5 Å². The number of halogens is 1. The second kappa shape index (κ2) is 7.05. The lowest BCUT2D eigenvalue weighted by molar-refractivity contribution is -0.607. The molecule has 0 radical (unpaired) electrons. The van der Waals surface area contributed by atoms with Crippen molar-refractivity contribution in [1.82, 2.24) is 4.98 Å². The summed E-state index contributed by atoms with van der Waals surface area (Å²) in [6.45, 7) is 9.23. The van der Waals surface area contributed by atoms with E-state index in [9.17, 15) is 9.59 Å². The van der Waals surface area contributed by atoms with E-state index in [1.807, 2.05) is 40.7 Å². The number of nitrogens with one attached hydrogen (secondary N) is 1. The summed E-state index contributed by atoms with van der Waals surface area (Å²) < 4.78 is 20.4. The Labute approximate surface area is 163 Å². The molecule has 28 heavy (non-hydrogen) atoms. The maximum atomic E-state index is 15.0. The van der Waals surface area contributed by atoms with Crippen LogP contribution in [-0.4, -0.2) is 28.6 Å². The number of hydrogen-bond donors (Lipinski definition) is 3. The van der Waals surface area contributed by atoms with Crippen LogP contribution in [-0.2, 0) is 4.74 Å². The lowest BCUT2D eigenvalue weighted by Gasteiger charge is -2.18. The van der Waals surface area contributed by atoms with Gasteiger partial charge in [-0.2, -0.15) is 4.79 Å². The summed E-state index contributed by atoms with van der Waals surface area (Å²) in [6.07, 6.45) is 2.76. The largest absolute Gasteiger partial charge is 0.513 e. The minimum atomic E-state index is -0.673. The molecule has 1 aromatic heterocycles. The van der Waals surface area contributed by atoms with Crippen molar-refractivity contribution in [1.29, 1.82) is 0 Å². The van der Waals surface area contributed by atoms with E-state index in [1.54, 1.807) is 5.32 Å². The van der Waals surface area contributed by atoms with Gasteiger partial charge in [0.2, 0.25) is 0 Å². The van der Waals surface area contributed by atoms with Crippen LogP contribution in [0.2, 0.25) is 0 Å². The number of aromatic nitrogens is 1. The molecule has 2 amide bonds. The minimum absolute atomic E-state index is 0.0459. The Hall–Kier alpha value is -2.67. The van der Waals surface area contributed by atoms with E-state index >= 15 is 4.39 Å². The van der Waals surface area contributed by atoms with Gasteiger partial charge in [0.15, 0.2) is 0 Å². The number of primary amides is 2. The Kier molecular flexibility index (Phi) is 5.06.